The van der Waals surface area contributed by atoms with Gasteiger partial charge in [0, 0.05) is 25.8 Å². The molecule has 0 spiro atoms. The average molecular weight is 270 g/mol. The SMILES string of the molecule is CCN(Cc1ccc([N+](=O)[O-])c(F)c1)C(C)COC. The van der Waals surface area contributed by atoms with Gasteiger partial charge in [0.25, 0.3) is 0 Å². The number of nitro benzene ring substituents is 1. The van der Waals surface area contributed by atoms with Crippen LogP contribution in [0.1, 0.15) is 19.4 Å². The summed E-state index contributed by atoms with van der Waals surface area (Å²) in [5.41, 5.74) is 0.227. The lowest BCUT2D eigenvalue weighted by atomic mass is 10.1. The Balaban J connectivity index is 2.81. The molecule has 0 aliphatic carbocycles. The predicted molar refractivity (Wildman–Crippen MR) is 70.5 cm³/mol. The first-order chi connectivity index (χ1) is 8.99. The first-order valence-corrected chi connectivity index (χ1v) is 6.15. The molecule has 0 radical (unpaired) electrons. The van der Waals surface area contributed by atoms with Crippen molar-refractivity contribution in [2.75, 3.05) is 20.3 Å². The Morgan fingerprint density at radius 2 is 2.21 bits per heavy atom. The third-order valence-electron chi connectivity index (χ3n) is 3.03. The van der Waals surface area contributed by atoms with Crippen molar-refractivity contribution in [3.63, 3.8) is 0 Å². The van der Waals surface area contributed by atoms with Gasteiger partial charge in [0.1, 0.15) is 0 Å². The largest absolute Gasteiger partial charge is 0.383 e. The second-order valence-electron chi connectivity index (χ2n) is 4.41. The van der Waals surface area contributed by atoms with E-state index >= 15 is 0 Å². The van der Waals surface area contributed by atoms with E-state index in [4.69, 9.17) is 4.74 Å². The zero-order valence-electron chi connectivity index (χ0n) is 11.4. The summed E-state index contributed by atoms with van der Waals surface area (Å²) in [6, 6.07) is 4.22. The lowest BCUT2D eigenvalue weighted by Gasteiger charge is -2.27. The molecule has 6 heteroatoms. The van der Waals surface area contributed by atoms with Gasteiger partial charge in [0.15, 0.2) is 0 Å². The van der Waals surface area contributed by atoms with Gasteiger partial charge in [-0.2, -0.15) is 4.39 Å². The first kappa shape index (κ1) is 15.5. The van der Waals surface area contributed by atoms with Crippen molar-refractivity contribution in [1.82, 2.24) is 4.90 Å². The smallest absolute Gasteiger partial charge is 0.304 e. The van der Waals surface area contributed by atoms with E-state index in [1.165, 1.54) is 12.1 Å². The molecular weight excluding hydrogens is 251 g/mol. The van der Waals surface area contributed by atoms with E-state index in [0.717, 1.165) is 6.54 Å². The molecule has 1 atom stereocenters. The molecule has 1 rings (SSSR count). The highest BCUT2D eigenvalue weighted by atomic mass is 19.1. The van der Waals surface area contributed by atoms with Crippen LogP contribution >= 0.6 is 0 Å². The molecule has 1 aromatic rings. The Hall–Kier alpha value is -1.53. The van der Waals surface area contributed by atoms with Gasteiger partial charge in [-0.1, -0.05) is 13.0 Å². The molecule has 1 unspecified atom stereocenters. The maximum absolute atomic E-state index is 13.5. The summed E-state index contributed by atoms with van der Waals surface area (Å²) in [5, 5.41) is 10.5. The van der Waals surface area contributed by atoms with Gasteiger partial charge in [-0.3, -0.25) is 15.0 Å². The Morgan fingerprint density at radius 1 is 1.53 bits per heavy atom. The fourth-order valence-corrected chi connectivity index (χ4v) is 1.96. The number of rotatable bonds is 7. The molecule has 0 bridgehead atoms. The Bertz CT molecular complexity index is 440. The van der Waals surface area contributed by atoms with Crippen LogP contribution < -0.4 is 0 Å². The highest BCUT2D eigenvalue weighted by Gasteiger charge is 2.16. The van der Waals surface area contributed by atoms with E-state index < -0.39 is 16.4 Å². The van der Waals surface area contributed by atoms with Crippen LogP contribution in [0.15, 0.2) is 18.2 Å². The maximum atomic E-state index is 13.5. The fraction of sp³-hybridized carbons (Fsp3) is 0.538. The first-order valence-electron chi connectivity index (χ1n) is 6.15. The van der Waals surface area contributed by atoms with Gasteiger partial charge < -0.3 is 4.74 Å². The van der Waals surface area contributed by atoms with E-state index in [1.807, 2.05) is 13.8 Å². The van der Waals surface area contributed by atoms with Crippen LogP contribution in [0.5, 0.6) is 0 Å². The topological polar surface area (TPSA) is 55.6 Å². The summed E-state index contributed by atoms with van der Waals surface area (Å²) < 4.78 is 18.6. The van der Waals surface area contributed by atoms with E-state index in [2.05, 4.69) is 4.90 Å². The molecule has 0 saturated carbocycles. The summed E-state index contributed by atoms with van der Waals surface area (Å²) in [5.74, 6) is -0.794. The van der Waals surface area contributed by atoms with Crippen LogP contribution in [-0.4, -0.2) is 36.1 Å². The average Bonchev–Trinajstić information content (AvgIpc) is 2.35. The minimum Gasteiger partial charge on any atom is -0.383 e. The quantitative estimate of drug-likeness (QED) is 0.564. The molecule has 0 aromatic heterocycles. The van der Waals surface area contributed by atoms with Crippen LogP contribution in [0.4, 0.5) is 10.1 Å². The molecule has 106 valence electrons. The van der Waals surface area contributed by atoms with Crippen molar-refractivity contribution in [3.05, 3.63) is 39.7 Å². The number of likely N-dealkylation sites (N-methyl/N-ethyl adjacent to an activating group) is 1. The zero-order chi connectivity index (χ0) is 14.4. The predicted octanol–water partition coefficient (Wildman–Crippen LogP) is 2.59. The highest BCUT2D eigenvalue weighted by Crippen LogP contribution is 2.19. The minimum absolute atomic E-state index is 0.202. The van der Waals surface area contributed by atoms with Gasteiger partial charge >= 0.3 is 5.69 Å². The summed E-state index contributed by atoms with van der Waals surface area (Å²) in [4.78, 5) is 11.9. The van der Waals surface area contributed by atoms with E-state index in [-0.39, 0.29) is 6.04 Å². The molecule has 0 heterocycles. The number of benzene rings is 1. The number of ether oxygens (including phenoxy) is 1. The number of hydrogen-bond donors (Lipinski definition) is 0. The van der Waals surface area contributed by atoms with Gasteiger partial charge in [-0.25, -0.2) is 0 Å². The molecule has 0 aliphatic heterocycles. The van der Waals surface area contributed by atoms with Crippen molar-refractivity contribution in [2.45, 2.75) is 26.4 Å². The fourth-order valence-electron chi connectivity index (χ4n) is 1.96. The van der Waals surface area contributed by atoms with E-state index in [1.54, 1.807) is 13.2 Å². The van der Waals surface area contributed by atoms with Gasteiger partial charge in [-0.05, 0) is 25.1 Å². The third-order valence-corrected chi connectivity index (χ3v) is 3.03. The number of hydrogen-bond acceptors (Lipinski definition) is 4. The van der Waals surface area contributed by atoms with Crippen LogP contribution in [0, 0.1) is 15.9 Å². The highest BCUT2D eigenvalue weighted by molar-refractivity contribution is 5.34. The van der Waals surface area contributed by atoms with Crippen LogP contribution in [-0.2, 0) is 11.3 Å². The lowest BCUT2D eigenvalue weighted by Crippen LogP contribution is -2.35. The zero-order valence-corrected chi connectivity index (χ0v) is 11.4. The molecule has 0 N–H and O–H groups in total. The minimum atomic E-state index is -0.794. The second kappa shape index (κ2) is 7.16. The number of nitro groups is 1. The molecule has 1 aromatic carbocycles. The molecule has 0 saturated heterocycles. The van der Waals surface area contributed by atoms with E-state index in [9.17, 15) is 14.5 Å². The van der Waals surface area contributed by atoms with Crippen molar-refractivity contribution in [3.8, 4) is 0 Å². The summed E-state index contributed by atoms with van der Waals surface area (Å²) in [6.07, 6.45) is 0. The summed E-state index contributed by atoms with van der Waals surface area (Å²) >= 11 is 0. The standard InChI is InChI=1S/C13H19FN2O3/c1-4-15(10(2)9-19-3)8-11-5-6-13(16(17)18)12(14)7-11/h5-7,10H,4,8-9H2,1-3H3. The van der Waals surface area contributed by atoms with Gasteiger partial charge in [0.2, 0.25) is 5.82 Å². The maximum Gasteiger partial charge on any atom is 0.304 e. The summed E-state index contributed by atoms with van der Waals surface area (Å²) in [7, 11) is 1.63. The normalized spacial score (nSPS) is 12.7. The van der Waals surface area contributed by atoms with Crippen LogP contribution in [0.25, 0.3) is 0 Å². The monoisotopic (exact) mass is 270 g/mol. The third kappa shape index (κ3) is 4.25. The molecule has 0 amide bonds. The van der Waals surface area contributed by atoms with Crippen LogP contribution in [0.3, 0.4) is 0 Å². The molecule has 5 nitrogen and oxygen atoms in total. The Kier molecular flexibility index (Phi) is 5.85. The van der Waals surface area contributed by atoms with Gasteiger partial charge in [0.05, 0.1) is 11.5 Å². The Labute approximate surface area is 112 Å². The van der Waals surface area contributed by atoms with Gasteiger partial charge in [-0.15, -0.1) is 0 Å². The lowest BCUT2D eigenvalue weighted by molar-refractivity contribution is -0.387. The van der Waals surface area contributed by atoms with Crippen molar-refractivity contribution < 1.29 is 14.1 Å². The van der Waals surface area contributed by atoms with Crippen molar-refractivity contribution in [1.29, 1.82) is 0 Å². The van der Waals surface area contributed by atoms with Crippen molar-refractivity contribution >= 4 is 5.69 Å². The number of nitrogens with zero attached hydrogens (tertiary/aromatic N) is 2. The molecule has 0 aliphatic rings. The molecule has 19 heavy (non-hydrogen) atoms. The number of methoxy groups -OCH3 is 1. The summed E-state index contributed by atoms with van der Waals surface area (Å²) in [6.45, 7) is 5.95. The second-order valence-corrected chi connectivity index (χ2v) is 4.41. The Morgan fingerprint density at radius 3 is 2.68 bits per heavy atom. The van der Waals surface area contributed by atoms with E-state index in [0.29, 0.717) is 18.7 Å². The van der Waals surface area contributed by atoms with Crippen molar-refractivity contribution in [2.24, 2.45) is 0 Å². The number of halogens is 1. The molecule has 0 fully saturated rings. The van der Waals surface area contributed by atoms with Crippen LogP contribution in [0.2, 0.25) is 0 Å². The molecular formula is C13H19FN2O3.